The number of carbonyl (C=O) groups excluding carboxylic acids is 1. The van der Waals surface area contributed by atoms with Crippen LogP contribution in [0, 0.1) is 5.92 Å². The molecule has 0 aliphatic heterocycles. The molecular weight excluding hydrogens is 242 g/mol. The molecule has 0 heterocycles. The number of hydrogen-bond acceptors (Lipinski definition) is 3. The van der Waals surface area contributed by atoms with E-state index in [4.69, 9.17) is 5.73 Å². The molecule has 2 amide bonds. The Morgan fingerprint density at radius 1 is 1.53 bits per heavy atom. The van der Waals surface area contributed by atoms with Crippen LogP contribution in [0.1, 0.15) is 18.4 Å². The number of anilines is 1. The smallest absolute Gasteiger partial charge is 0.321 e. The average molecular weight is 263 g/mol. The number of aliphatic hydroxyl groups is 1. The van der Waals surface area contributed by atoms with Crippen molar-refractivity contribution in [2.24, 2.45) is 11.7 Å². The highest BCUT2D eigenvalue weighted by Gasteiger charge is 2.29. The van der Waals surface area contributed by atoms with Crippen LogP contribution in [0.4, 0.5) is 10.5 Å². The van der Waals surface area contributed by atoms with Crippen molar-refractivity contribution in [2.75, 3.05) is 18.9 Å². The number of nitrogens with one attached hydrogen (secondary N) is 1. The fourth-order valence-electron chi connectivity index (χ4n) is 2.31. The van der Waals surface area contributed by atoms with Crippen LogP contribution in [0.5, 0.6) is 0 Å². The lowest BCUT2D eigenvalue weighted by atomic mass is 9.82. The van der Waals surface area contributed by atoms with Crippen LogP contribution in [0.15, 0.2) is 24.3 Å². The maximum atomic E-state index is 12.0. The summed E-state index contributed by atoms with van der Waals surface area (Å²) in [6, 6.07) is 7.39. The molecule has 1 aliphatic carbocycles. The van der Waals surface area contributed by atoms with Gasteiger partial charge >= 0.3 is 6.03 Å². The Morgan fingerprint density at radius 3 is 2.89 bits per heavy atom. The minimum Gasteiger partial charge on any atom is -0.393 e. The highest BCUT2D eigenvalue weighted by molar-refractivity contribution is 5.89. The molecule has 0 radical (unpaired) electrons. The van der Waals surface area contributed by atoms with Gasteiger partial charge < -0.3 is 21.1 Å². The van der Waals surface area contributed by atoms with Crippen molar-refractivity contribution in [2.45, 2.75) is 25.5 Å². The molecule has 19 heavy (non-hydrogen) atoms. The van der Waals surface area contributed by atoms with E-state index in [0.717, 1.165) is 24.1 Å². The van der Waals surface area contributed by atoms with Gasteiger partial charge in [-0.15, -0.1) is 0 Å². The molecule has 2 rings (SSSR count). The summed E-state index contributed by atoms with van der Waals surface area (Å²) in [5.74, 6) is 0.418. The van der Waals surface area contributed by atoms with Gasteiger partial charge in [-0.3, -0.25) is 0 Å². The third-order valence-electron chi connectivity index (χ3n) is 3.50. The lowest BCUT2D eigenvalue weighted by molar-refractivity contribution is 0.0332. The lowest BCUT2D eigenvalue weighted by Gasteiger charge is -2.34. The van der Waals surface area contributed by atoms with E-state index in [1.54, 1.807) is 11.9 Å². The summed E-state index contributed by atoms with van der Waals surface area (Å²) < 4.78 is 0. The van der Waals surface area contributed by atoms with Crippen molar-refractivity contribution in [3.05, 3.63) is 29.8 Å². The Hall–Kier alpha value is -1.59. The van der Waals surface area contributed by atoms with E-state index >= 15 is 0 Å². The Kier molecular flexibility index (Phi) is 4.39. The first kappa shape index (κ1) is 13.8. The van der Waals surface area contributed by atoms with Gasteiger partial charge in [-0.05, 0) is 36.5 Å². The van der Waals surface area contributed by atoms with E-state index in [1.807, 2.05) is 24.3 Å². The number of carbonyl (C=O) groups is 1. The number of aliphatic hydroxyl groups excluding tert-OH is 1. The molecule has 1 aliphatic rings. The predicted molar refractivity (Wildman–Crippen MR) is 74.7 cm³/mol. The lowest BCUT2D eigenvalue weighted by Crippen LogP contribution is -2.41. The van der Waals surface area contributed by atoms with Crippen molar-refractivity contribution in [3.63, 3.8) is 0 Å². The van der Waals surface area contributed by atoms with Crippen molar-refractivity contribution in [1.82, 2.24) is 4.90 Å². The first-order valence-electron chi connectivity index (χ1n) is 6.57. The number of benzene rings is 1. The van der Waals surface area contributed by atoms with Gasteiger partial charge in [0.25, 0.3) is 0 Å². The van der Waals surface area contributed by atoms with Crippen LogP contribution < -0.4 is 11.1 Å². The summed E-state index contributed by atoms with van der Waals surface area (Å²) in [6.07, 6.45) is 1.41. The van der Waals surface area contributed by atoms with Gasteiger partial charge in [0.05, 0.1) is 6.10 Å². The van der Waals surface area contributed by atoms with E-state index < -0.39 is 0 Å². The van der Waals surface area contributed by atoms with Gasteiger partial charge in [0, 0.05) is 25.8 Å². The molecule has 0 spiro atoms. The molecule has 5 nitrogen and oxygen atoms in total. The van der Waals surface area contributed by atoms with Crippen LogP contribution in [0.2, 0.25) is 0 Å². The maximum Gasteiger partial charge on any atom is 0.321 e. The van der Waals surface area contributed by atoms with Crippen LogP contribution in [0.25, 0.3) is 0 Å². The first-order valence-corrected chi connectivity index (χ1v) is 6.57. The van der Waals surface area contributed by atoms with Crippen LogP contribution in [0.3, 0.4) is 0 Å². The minimum atomic E-state index is -0.178. The summed E-state index contributed by atoms with van der Waals surface area (Å²) in [6.45, 7) is 1.14. The third-order valence-corrected chi connectivity index (χ3v) is 3.50. The average Bonchev–Trinajstić information content (AvgIpc) is 2.37. The summed E-state index contributed by atoms with van der Waals surface area (Å²) in [5.41, 5.74) is 7.31. The normalized spacial score (nSPS) is 21.6. The SMILES string of the molecule is CN(CC1CC(O)C1)C(=O)Nc1cccc(CN)c1. The van der Waals surface area contributed by atoms with Crippen molar-refractivity contribution in [3.8, 4) is 0 Å². The molecule has 4 N–H and O–H groups in total. The van der Waals surface area contributed by atoms with Crippen LogP contribution >= 0.6 is 0 Å². The van der Waals surface area contributed by atoms with Crippen LogP contribution in [-0.4, -0.2) is 35.7 Å². The Labute approximate surface area is 113 Å². The second kappa shape index (κ2) is 6.04. The predicted octanol–water partition coefficient (Wildman–Crippen LogP) is 1.38. The molecule has 0 bridgehead atoms. The van der Waals surface area contributed by atoms with E-state index in [0.29, 0.717) is 19.0 Å². The fourth-order valence-corrected chi connectivity index (χ4v) is 2.31. The number of amides is 2. The maximum absolute atomic E-state index is 12.0. The molecule has 104 valence electrons. The second-order valence-electron chi connectivity index (χ2n) is 5.21. The van der Waals surface area contributed by atoms with Crippen molar-refractivity contribution < 1.29 is 9.90 Å². The molecule has 1 aromatic rings. The molecular formula is C14H21N3O2. The summed E-state index contributed by atoms with van der Waals surface area (Å²) >= 11 is 0. The zero-order chi connectivity index (χ0) is 13.8. The number of nitrogens with zero attached hydrogens (tertiary/aromatic N) is 1. The number of nitrogens with two attached hydrogens (primary N) is 1. The van der Waals surface area contributed by atoms with Gasteiger partial charge in [0.1, 0.15) is 0 Å². The van der Waals surface area contributed by atoms with Gasteiger partial charge in [-0.2, -0.15) is 0 Å². The number of rotatable bonds is 4. The van der Waals surface area contributed by atoms with E-state index in [9.17, 15) is 9.90 Å². The van der Waals surface area contributed by atoms with E-state index in [-0.39, 0.29) is 12.1 Å². The summed E-state index contributed by atoms with van der Waals surface area (Å²) in [7, 11) is 1.77. The van der Waals surface area contributed by atoms with Gasteiger partial charge in [-0.25, -0.2) is 4.79 Å². The Bertz CT molecular complexity index is 444. The molecule has 0 unspecified atom stereocenters. The summed E-state index contributed by atoms with van der Waals surface area (Å²) in [5, 5.41) is 12.1. The second-order valence-corrected chi connectivity index (χ2v) is 5.21. The standard InChI is InChI=1S/C14H21N3O2/c1-17(9-11-6-13(18)7-11)14(19)16-12-4-2-3-10(5-12)8-15/h2-5,11,13,18H,6-9,15H2,1H3,(H,16,19). The number of hydrogen-bond donors (Lipinski definition) is 3. The Morgan fingerprint density at radius 2 is 2.26 bits per heavy atom. The topological polar surface area (TPSA) is 78.6 Å². The van der Waals surface area contributed by atoms with Gasteiger partial charge in [0.2, 0.25) is 0 Å². The fraction of sp³-hybridized carbons (Fsp3) is 0.500. The highest BCUT2D eigenvalue weighted by Crippen LogP contribution is 2.27. The first-order chi connectivity index (χ1) is 9.08. The highest BCUT2D eigenvalue weighted by atomic mass is 16.3. The molecule has 1 fully saturated rings. The number of urea groups is 1. The van der Waals surface area contributed by atoms with Crippen molar-refractivity contribution >= 4 is 11.7 Å². The molecule has 1 saturated carbocycles. The van der Waals surface area contributed by atoms with E-state index in [2.05, 4.69) is 5.32 Å². The van der Waals surface area contributed by atoms with Gasteiger partial charge in [0.15, 0.2) is 0 Å². The zero-order valence-corrected chi connectivity index (χ0v) is 11.2. The molecule has 5 heteroatoms. The Balaban J connectivity index is 1.85. The minimum absolute atomic E-state index is 0.129. The third kappa shape index (κ3) is 3.68. The monoisotopic (exact) mass is 263 g/mol. The summed E-state index contributed by atoms with van der Waals surface area (Å²) in [4.78, 5) is 13.6. The van der Waals surface area contributed by atoms with Crippen LogP contribution in [-0.2, 0) is 6.54 Å². The largest absolute Gasteiger partial charge is 0.393 e. The van der Waals surface area contributed by atoms with Crippen molar-refractivity contribution in [1.29, 1.82) is 0 Å². The molecule has 0 atom stereocenters. The van der Waals surface area contributed by atoms with Gasteiger partial charge in [-0.1, -0.05) is 12.1 Å². The quantitative estimate of drug-likeness (QED) is 0.768. The molecule has 0 aromatic heterocycles. The van der Waals surface area contributed by atoms with E-state index in [1.165, 1.54) is 0 Å². The molecule has 0 saturated heterocycles. The zero-order valence-electron chi connectivity index (χ0n) is 11.2. The molecule has 1 aromatic carbocycles.